The quantitative estimate of drug-likeness (QED) is 0.594. The Morgan fingerprint density at radius 3 is 2.31 bits per heavy atom. The second-order valence-corrected chi connectivity index (χ2v) is 7.96. The predicted molar refractivity (Wildman–Crippen MR) is 124 cm³/mol. The van der Waals surface area contributed by atoms with Crippen molar-refractivity contribution in [1.82, 2.24) is 15.1 Å². The summed E-state index contributed by atoms with van der Waals surface area (Å²) >= 11 is 0. The number of piperazine rings is 1. The van der Waals surface area contributed by atoms with E-state index in [0.29, 0.717) is 26.2 Å². The van der Waals surface area contributed by atoms with Gasteiger partial charge in [-0.25, -0.2) is 0 Å². The van der Waals surface area contributed by atoms with Crippen molar-refractivity contribution in [2.75, 3.05) is 44.8 Å². The van der Waals surface area contributed by atoms with Gasteiger partial charge in [-0.05, 0) is 61.4 Å². The van der Waals surface area contributed by atoms with Gasteiger partial charge >= 0.3 is 0 Å². The molecule has 7 nitrogen and oxygen atoms in total. The van der Waals surface area contributed by atoms with Crippen LogP contribution in [0.15, 0.2) is 54.6 Å². The fourth-order valence-corrected chi connectivity index (χ4v) is 3.93. The smallest absolute Gasteiger partial charge is 0.260 e. The van der Waals surface area contributed by atoms with Gasteiger partial charge in [-0.3, -0.25) is 4.79 Å². The third-order valence-electron chi connectivity index (χ3n) is 5.55. The summed E-state index contributed by atoms with van der Waals surface area (Å²) in [5.74, 6) is 2.31. The molecule has 1 saturated heterocycles. The first-order valence-electron chi connectivity index (χ1n) is 10.7. The molecule has 166 valence electrons. The van der Waals surface area contributed by atoms with Crippen LogP contribution in [-0.4, -0.2) is 60.9 Å². The summed E-state index contributed by atoms with van der Waals surface area (Å²) < 4.78 is 11.1. The number of anilines is 1. The maximum absolute atomic E-state index is 12.6. The highest BCUT2D eigenvalue weighted by atomic mass is 16.5. The number of amides is 1. The Morgan fingerprint density at radius 2 is 1.66 bits per heavy atom. The standard InChI is InChI=1S/C25H28N4O3/c1-18-14-19(2)16-20(15-18)32-17-25(30)29-12-10-28(11-13-29)24-9-8-22(26-27-24)21-6-4-5-7-23(21)31-3/h4-9,14-16H,10-13,17H2,1-3H3. The number of ether oxygens (including phenoxy) is 2. The molecular formula is C25H28N4O3. The van der Waals surface area contributed by atoms with Crippen LogP contribution in [0, 0.1) is 13.8 Å². The molecule has 0 bridgehead atoms. The zero-order chi connectivity index (χ0) is 22.5. The van der Waals surface area contributed by atoms with E-state index < -0.39 is 0 Å². The number of hydrogen-bond donors (Lipinski definition) is 0. The minimum atomic E-state index is 0.00131. The van der Waals surface area contributed by atoms with Gasteiger partial charge in [0, 0.05) is 31.7 Å². The lowest BCUT2D eigenvalue weighted by atomic mass is 10.1. The van der Waals surface area contributed by atoms with Crippen molar-refractivity contribution in [3.8, 4) is 22.8 Å². The van der Waals surface area contributed by atoms with Crippen molar-refractivity contribution in [2.45, 2.75) is 13.8 Å². The maximum Gasteiger partial charge on any atom is 0.260 e. The van der Waals surface area contributed by atoms with Crippen LogP contribution in [0.25, 0.3) is 11.3 Å². The lowest BCUT2D eigenvalue weighted by molar-refractivity contribution is -0.133. The second kappa shape index (κ2) is 9.68. The topological polar surface area (TPSA) is 67.8 Å². The predicted octanol–water partition coefficient (Wildman–Crippen LogP) is 3.50. The summed E-state index contributed by atoms with van der Waals surface area (Å²) in [6, 6.07) is 17.7. The molecule has 0 saturated carbocycles. The molecule has 0 spiro atoms. The molecule has 1 fully saturated rings. The van der Waals surface area contributed by atoms with Gasteiger partial charge in [0.1, 0.15) is 11.5 Å². The third-order valence-corrected chi connectivity index (χ3v) is 5.55. The van der Waals surface area contributed by atoms with Crippen LogP contribution in [-0.2, 0) is 4.79 Å². The number of aromatic nitrogens is 2. The number of hydrogen-bond acceptors (Lipinski definition) is 6. The Balaban J connectivity index is 1.32. The van der Waals surface area contributed by atoms with E-state index in [1.54, 1.807) is 7.11 Å². The van der Waals surface area contributed by atoms with Gasteiger partial charge < -0.3 is 19.3 Å². The molecule has 0 atom stereocenters. The number of rotatable bonds is 6. The Labute approximate surface area is 188 Å². The van der Waals surface area contributed by atoms with E-state index in [4.69, 9.17) is 9.47 Å². The van der Waals surface area contributed by atoms with E-state index in [1.807, 2.05) is 67.3 Å². The number of para-hydroxylation sites is 1. The van der Waals surface area contributed by atoms with Crippen molar-refractivity contribution in [2.24, 2.45) is 0 Å². The van der Waals surface area contributed by atoms with E-state index in [-0.39, 0.29) is 12.5 Å². The van der Waals surface area contributed by atoms with Crippen molar-refractivity contribution in [3.05, 3.63) is 65.7 Å². The molecule has 0 aliphatic carbocycles. The molecule has 1 aliphatic heterocycles. The normalized spacial score (nSPS) is 13.7. The summed E-state index contributed by atoms with van der Waals surface area (Å²) in [5.41, 5.74) is 3.93. The van der Waals surface area contributed by atoms with Gasteiger partial charge in [0.2, 0.25) is 0 Å². The summed E-state index contributed by atoms with van der Waals surface area (Å²) in [6.07, 6.45) is 0. The number of methoxy groups -OCH3 is 1. The number of benzene rings is 2. The van der Waals surface area contributed by atoms with Crippen LogP contribution in [0.1, 0.15) is 11.1 Å². The molecule has 1 aromatic heterocycles. The minimum absolute atomic E-state index is 0.00131. The summed E-state index contributed by atoms with van der Waals surface area (Å²) in [4.78, 5) is 16.6. The van der Waals surface area contributed by atoms with Gasteiger partial charge in [0.15, 0.2) is 12.4 Å². The van der Waals surface area contributed by atoms with Crippen molar-refractivity contribution < 1.29 is 14.3 Å². The molecule has 1 amide bonds. The highest BCUT2D eigenvalue weighted by Crippen LogP contribution is 2.28. The summed E-state index contributed by atoms with van der Waals surface area (Å²) in [6.45, 7) is 6.77. The molecule has 3 aromatic rings. The minimum Gasteiger partial charge on any atom is -0.496 e. The Bertz CT molecular complexity index is 1060. The average molecular weight is 433 g/mol. The van der Waals surface area contributed by atoms with E-state index >= 15 is 0 Å². The highest BCUT2D eigenvalue weighted by molar-refractivity contribution is 5.78. The van der Waals surface area contributed by atoms with Crippen LogP contribution in [0.5, 0.6) is 11.5 Å². The van der Waals surface area contributed by atoms with Crippen molar-refractivity contribution in [3.63, 3.8) is 0 Å². The lowest BCUT2D eigenvalue weighted by Gasteiger charge is -2.35. The molecule has 0 N–H and O–H groups in total. The zero-order valence-electron chi connectivity index (χ0n) is 18.7. The molecule has 2 aromatic carbocycles. The summed E-state index contributed by atoms with van der Waals surface area (Å²) in [7, 11) is 1.65. The first-order chi connectivity index (χ1) is 15.5. The molecule has 0 unspecified atom stereocenters. The van der Waals surface area contributed by atoms with Crippen molar-refractivity contribution >= 4 is 11.7 Å². The first-order valence-corrected chi connectivity index (χ1v) is 10.7. The number of carbonyl (C=O) groups excluding carboxylic acids is 1. The van der Waals surface area contributed by atoms with E-state index in [9.17, 15) is 4.79 Å². The second-order valence-electron chi connectivity index (χ2n) is 7.96. The van der Waals surface area contributed by atoms with Gasteiger partial charge in [-0.15, -0.1) is 10.2 Å². The van der Waals surface area contributed by atoms with Gasteiger partial charge in [-0.2, -0.15) is 0 Å². The Kier molecular flexibility index (Phi) is 6.54. The van der Waals surface area contributed by atoms with E-state index in [2.05, 4.69) is 21.2 Å². The SMILES string of the molecule is COc1ccccc1-c1ccc(N2CCN(C(=O)COc3cc(C)cc(C)c3)CC2)nn1. The molecule has 1 aliphatic rings. The molecule has 7 heteroatoms. The highest BCUT2D eigenvalue weighted by Gasteiger charge is 2.22. The summed E-state index contributed by atoms with van der Waals surface area (Å²) in [5, 5.41) is 8.80. The Hall–Kier alpha value is -3.61. The largest absolute Gasteiger partial charge is 0.496 e. The van der Waals surface area contributed by atoms with Gasteiger partial charge in [-0.1, -0.05) is 18.2 Å². The van der Waals surface area contributed by atoms with Gasteiger partial charge in [0.25, 0.3) is 5.91 Å². The molecule has 2 heterocycles. The Morgan fingerprint density at radius 1 is 0.938 bits per heavy atom. The molecule has 0 radical (unpaired) electrons. The van der Waals surface area contributed by atoms with Crippen LogP contribution in [0.4, 0.5) is 5.82 Å². The molecule has 4 rings (SSSR count). The number of nitrogens with zero attached hydrogens (tertiary/aromatic N) is 4. The van der Waals surface area contributed by atoms with Crippen LogP contribution < -0.4 is 14.4 Å². The van der Waals surface area contributed by atoms with Crippen LogP contribution in [0.2, 0.25) is 0 Å². The first kappa shape index (κ1) is 21.6. The third kappa shape index (κ3) is 4.99. The van der Waals surface area contributed by atoms with Crippen LogP contribution >= 0.6 is 0 Å². The van der Waals surface area contributed by atoms with Crippen LogP contribution in [0.3, 0.4) is 0 Å². The molecular weight excluding hydrogens is 404 g/mol. The number of carbonyl (C=O) groups is 1. The number of aryl methyl sites for hydroxylation is 2. The monoisotopic (exact) mass is 432 g/mol. The fraction of sp³-hybridized carbons (Fsp3) is 0.320. The van der Waals surface area contributed by atoms with Crippen molar-refractivity contribution in [1.29, 1.82) is 0 Å². The van der Waals surface area contributed by atoms with Gasteiger partial charge in [0.05, 0.1) is 12.8 Å². The lowest BCUT2D eigenvalue weighted by Crippen LogP contribution is -2.50. The zero-order valence-corrected chi connectivity index (χ0v) is 18.7. The average Bonchev–Trinajstić information content (AvgIpc) is 2.82. The fourth-order valence-electron chi connectivity index (χ4n) is 3.93. The van der Waals surface area contributed by atoms with E-state index in [0.717, 1.165) is 39.7 Å². The maximum atomic E-state index is 12.6. The van der Waals surface area contributed by atoms with E-state index in [1.165, 1.54) is 0 Å². The molecule has 32 heavy (non-hydrogen) atoms.